The van der Waals surface area contributed by atoms with Crippen molar-refractivity contribution >= 4 is 27.6 Å². The Morgan fingerprint density at radius 2 is 2.00 bits per heavy atom. The number of hydrogen-bond donors (Lipinski definition) is 0. The molecular formula is C15H17BrFNO2. The lowest BCUT2D eigenvalue weighted by Crippen LogP contribution is -2.37. The molecule has 2 fully saturated rings. The number of nitrogens with zero attached hydrogens (tertiary/aromatic N) is 1. The van der Waals surface area contributed by atoms with Gasteiger partial charge < -0.3 is 9.64 Å². The van der Waals surface area contributed by atoms with Crippen LogP contribution in [0.4, 0.5) is 10.1 Å². The molecule has 1 saturated heterocycles. The van der Waals surface area contributed by atoms with E-state index in [1.165, 1.54) is 32.4 Å². The molecule has 1 aromatic carbocycles. The summed E-state index contributed by atoms with van der Waals surface area (Å²) >= 11 is 3.21. The first kappa shape index (κ1) is 13.9. The first-order valence-corrected chi connectivity index (χ1v) is 7.70. The quantitative estimate of drug-likeness (QED) is 0.769. The Hall–Kier alpha value is -1.10. The number of carbonyl (C=O) groups excluding carboxylic acids is 1. The number of carbonyl (C=O) groups is 1. The highest BCUT2D eigenvalue weighted by molar-refractivity contribution is 9.10. The van der Waals surface area contributed by atoms with Gasteiger partial charge in [-0.15, -0.1) is 0 Å². The molecule has 2 unspecified atom stereocenters. The van der Waals surface area contributed by atoms with Crippen molar-refractivity contribution in [2.75, 3.05) is 25.1 Å². The van der Waals surface area contributed by atoms with Crippen molar-refractivity contribution < 1.29 is 13.9 Å². The van der Waals surface area contributed by atoms with E-state index in [-0.39, 0.29) is 0 Å². The SMILES string of the molecule is COC(=O)c1cc(F)c(Br)cc1N1CC2CCC(C2)C1. The number of anilines is 1. The standard InChI is InChI=1S/C15H17BrFNO2/c1-20-15(19)11-5-13(17)12(16)6-14(11)18-7-9-2-3-10(4-9)8-18/h5-6,9-10H,2-4,7-8H2,1H3. The first-order valence-electron chi connectivity index (χ1n) is 6.90. The number of halogens is 2. The molecule has 1 saturated carbocycles. The summed E-state index contributed by atoms with van der Waals surface area (Å²) in [5.74, 6) is 0.476. The fraction of sp³-hybridized carbons (Fsp3) is 0.533. The van der Waals surface area contributed by atoms with E-state index in [1.807, 2.05) is 0 Å². The van der Waals surface area contributed by atoms with Crippen molar-refractivity contribution in [3.63, 3.8) is 0 Å². The van der Waals surface area contributed by atoms with Crippen molar-refractivity contribution in [2.45, 2.75) is 19.3 Å². The van der Waals surface area contributed by atoms with Gasteiger partial charge in [-0.2, -0.15) is 0 Å². The zero-order valence-corrected chi connectivity index (χ0v) is 13.0. The van der Waals surface area contributed by atoms with Crippen LogP contribution in [0.25, 0.3) is 0 Å². The molecule has 2 atom stereocenters. The van der Waals surface area contributed by atoms with E-state index in [0.717, 1.165) is 18.8 Å². The molecule has 1 aliphatic carbocycles. The zero-order valence-electron chi connectivity index (χ0n) is 11.4. The second kappa shape index (κ2) is 5.35. The summed E-state index contributed by atoms with van der Waals surface area (Å²) in [5.41, 5.74) is 1.09. The number of benzene rings is 1. The third kappa shape index (κ3) is 2.43. The fourth-order valence-corrected chi connectivity index (χ4v) is 3.81. The molecule has 0 spiro atoms. The van der Waals surface area contributed by atoms with Crippen molar-refractivity contribution in [3.05, 3.63) is 28.0 Å². The van der Waals surface area contributed by atoms with E-state index in [9.17, 15) is 9.18 Å². The van der Waals surface area contributed by atoms with Crippen molar-refractivity contribution in [1.82, 2.24) is 0 Å². The molecule has 1 aliphatic heterocycles. The maximum absolute atomic E-state index is 13.7. The number of esters is 1. The zero-order chi connectivity index (χ0) is 14.3. The van der Waals surface area contributed by atoms with Crippen LogP contribution in [0.5, 0.6) is 0 Å². The monoisotopic (exact) mass is 341 g/mol. The Kier molecular flexibility index (Phi) is 3.71. The highest BCUT2D eigenvalue weighted by atomic mass is 79.9. The van der Waals surface area contributed by atoms with Crippen LogP contribution in [0, 0.1) is 17.7 Å². The molecule has 5 heteroatoms. The molecule has 0 aromatic heterocycles. The molecular weight excluding hydrogens is 325 g/mol. The molecule has 0 amide bonds. The molecule has 2 bridgehead atoms. The minimum absolute atomic E-state index is 0.314. The van der Waals surface area contributed by atoms with E-state index in [1.54, 1.807) is 6.07 Å². The van der Waals surface area contributed by atoms with Crippen LogP contribution in [0.2, 0.25) is 0 Å². The van der Waals surface area contributed by atoms with Gasteiger partial charge in [-0.05, 0) is 59.2 Å². The molecule has 3 rings (SSSR count). The minimum Gasteiger partial charge on any atom is -0.465 e. The lowest BCUT2D eigenvalue weighted by molar-refractivity contribution is 0.0600. The Morgan fingerprint density at radius 1 is 1.35 bits per heavy atom. The second-order valence-electron chi connectivity index (χ2n) is 5.73. The highest BCUT2D eigenvalue weighted by Gasteiger charge is 2.34. The van der Waals surface area contributed by atoms with Gasteiger partial charge in [0.1, 0.15) is 5.82 Å². The Bertz CT molecular complexity index is 537. The highest BCUT2D eigenvalue weighted by Crippen LogP contribution is 2.40. The maximum Gasteiger partial charge on any atom is 0.340 e. The van der Waals surface area contributed by atoms with Crippen LogP contribution in [0.3, 0.4) is 0 Å². The van der Waals surface area contributed by atoms with Crippen molar-refractivity contribution in [3.8, 4) is 0 Å². The largest absolute Gasteiger partial charge is 0.465 e. The maximum atomic E-state index is 13.7. The van der Waals surface area contributed by atoms with E-state index in [2.05, 4.69) is 20.8 Å². The molecule has 1 heterocycles. The predicted molar refractivity (Wildman–Crippen MR) is 78.5 cm³/mol. The third-order valence-corrected chi connectivity index (χ3v) is 5.00. The number of methoxy groups -OCH3 is 1. The predicted octanol–water partition coefficient (Wildman–Crippen LogP) is 3.61. The van der Waals surface area contributed by atoms with Crippen molar-refractivity contribution in [1.29, 1.82) is 0 Å². The van der Waals surface area contributed by atoms with Gasteiger partial charge in [-0.1, -0.05) is 0 Å². The van der Waals surface area contributed by atoms with Gasteiger partial charge >= 0.3 is 5.97 Å². The van der Waals surface area contributed by atoms with E-state index < -0.39 is 11.8 Å². The van der Waals surface area contributed by atoms with Crippen LogP contribution in [0.15, 0.2) is 16.6 Å². The van der Waals surface area contributed by atoms with Gasteiger partial charge in [-0.25, -0.2) is 9.18 Å². The average molecular weight is 342 g/mol. The number of piperidine rings is 1. The molecule has 108 valence electrons. The number of fused-ring (bicyclic) bond motifs is 2. The molecule has 20 heavy (non-hydrogen) atoms. The summed E-state index contributed by atoms with van der Waals surface area (Å²) in [6, 6.07) is 2.97. The summed E-state index contributed by atoms with van der Waals surface area (Å²) in [6.45, 7) is 1.89. The molecule has 2 aliphatic rings. The topological polar surface area (TPSA) is 29.5 Å². The van der Waals surface area contributed by atoms with Crippen LogP contribution in [-0.2, 0) is 4.74 Å². The van der Waals surface area contributed by atoms with E-state index >= 15 is 0 Å². The van der Waals surface area contributed by atoms with Gasteiger partial charge in [0.15, 0.2) is 0 Å². The lowest BCUT2D eigenvalue weighted by Gasteiger charge is -2.34. The number of rotatable bonds is 2. The third-order valence-electron chi connectivity index (χ3n) is 4.39. The average Bonchev–Trinajstić information content (AvgIpc) is 2.79. The Labute approximate surface area is 126 Å². The Morgan fingerprint density at radius 3 is 2.60 bits per heavy atom. The summed E-state index contributed by atoms with van der Waals surface area (Å²) in [4.78, 5) is 14.1. The Balaban J connectivity index is 1.99. The van der Waals surface area contributed by atoms with Crippen LogP contribution in [0.1, 0.15) is 29.6 Å². The molecule has 0 N–H and O–H groups in total. The lowest BCUT2D eigenvalue weighted by atomic mass is 9.97. The summed E-state index contributed by atoms with van der Waals surface area (Å²) < 4.78 is 18.9. The van der Waals surface area contributed by atoms with Crippen molar-refractivity contribution in [2.24, 2.45) is 11.8 Å². The number of hydrogen-bond acceptors (Lipinski definition) is 3. The normalized spacial score (nSPS) is 24.9. The van der Waals surface area contributed by atoms with Crippen LogP contribution in [-0.4, -0.2) is 26.2 Å². The summed E-state index contributed by atoms with van der Waals surface area (Å²) in [7, 11) is 1.33. The minimum atomic E-state index is -0.482. The van der Waals surface area contributed by atoms with Crippen LogP contribution < -0.4 is 4.90 Å². The van der Waals surface area contributed by atoms with E-state index in [0.29, 0.717) is 21.9 Å². The van der Waals surface area contributed by atoms with E-state index in [4.69, 9.17) is 4.74 Å². The summed E-state index contributed by atoms with van der Waals surface area (Å²) in [6.07, 6.45) is 3.81. The fourth-order valence-electron chi connectivity index (χ4n) is 3.48. The van der Waals surface area contributed by atoms with Gasteiger partial charge in [-0.3, -0.25) is 0 Å². The number of ether oxygens (including phenoxy) is 1. The molecule has 3 nitrogen and oxygen atoms in total. The van der Waals surface area contributed by atoms with Crippen LogP contribution >= 0.6 is 15.9 Å². The van der Waals surface area contributed by atoms with Gasteiger partial charge in [0.25, 0.3) is 0 Å². The van der Waals surface area contributed by atoms with Gasteiger partial charge in [0.2, 0.25) is 0 Å². The first-order chi connectivity index (χ1) is 9.58. The second-order valence-corrected chi connectivity index (χ2v) is 6.58. The molecule has 1 aromatic rings. The molecule has 0 radical (unpaired) electrons. The van der Waals surface area contributed by atoms with Gasteiger partial charge in [0.05, 0.1) is 22.8 Å². The smallest absolute Gasteiger partial charge is 0.340 e. The van der Waals surface area contributed by atoms with Gasteiger partial charge in [0, 0.05) is 13.1 Å². The summed E-state index contributed by atoms with van der Waals surface area (Å²) in [5, 5.41) is 0.